The van der Waals surface area contributed by atoms with Crippen molar-refractivity contribution in [2.24, 2.45) is 0 Å². The standard InChI is InChI=1S/C10H7F4N/c1-6(5-15)8-4-7(11)2-3-9(8)10(12,13)14/h2-4,6H,1H3. The molecular weight excluding hydrogens is 210 g/mol. The van der Waals surface area contributed by atoms with Gasteiger partial charge in [-0.25, -0.2) is 4.39 Å². The Morgan fingerprint density at radius 1 is 1.33 bits per heavy atom. The van der Waals surface area contributed by atoms with E-state index in [4.69, 9.17) is 5.26 Å². The lowest BCUT2D eigenvalue weighted by atomic mass is 9.96. The Labute approximate surface area is 83.9 Å². The zero-order valence-corrected chi connectivity index (χ0v) is 7.77. The van der Waals surface area contributed by atoms with Crippen LogP contribution in [0.4, 0.5) is 17.6 Å². The van der Waals surface area contributed by atoms with Gasteiger partial charge in [0, 0.05) is 0 Å². The van der Waals surface area contributed by atoms with Gasteiger partial charge in [0.2, 0.25) is 0 Å². The van der Waals surface area contributed by atoms with Crippen molar-refractivity contribution in [1.82, 2.24) is 0 Å². The van der Waals surface area contributed by atoms with E-state index in [1.54, 1.807) is 6.07 Å². The van der Waals surface area contributed by atoms with Crippen LogP contribution in [0.2, 0.25) is 0 Å². The van der Waals surface area contributed by atoms with Crippen LogP contribution in [0.15, 0.2) is 18.2 Å². The molecule has 80 valence electrons. The summed E-state index contributed by atoms with van der Waals surface area (Å²) in [6.45, 7) is 1.30. The second-order valence-corrected chi connectivity index (χ2v) is 3.08. The molecule has 0 spiro atoms. The molecule has 1 aromatic carbocycles. The summed E-state index contributed by atoms with van der Waals surface area (Å²) in [5.74, 6) is -1.77. The van der Waals surface area contributed by atoms with Crippen LogP contribution in [-0.4, -0.2) is 0 Å². The molecule has 0 aliphatic heterocycles. The van der Waals surface area contributed by atoms with Gasteiger partial charge in [0.15, 0.2) is 0 Å². The number of benzene rings is 1. The van der Waals surface area contributed by atoms with E-state index in [-0.39, 0.29) is 5.56 Å². The van der Waals surface area contributed by atoms with Crippen LogP contribution in [0.3, 0.4) is 0 Å². The summed E-state index contributed by atoms with van der Waals surface area (Å²) >= 11 is 0. The second-order valence-electron chi connectivity index (χ2n) is 3.08. The van der Waals surface area contributed by atoms with Gasteiger partial charge in [-0.1, -0.05) is 0 Å². The fourth-order valence-electron chi connectivity index (χ4n) is 1.22. The van der Waals surface area contributed by atoms with Gasteiger partial charge in [-0.2, -0.15) is 18.4 Å². The van der Waals surface area contributed by atoms with E-state index in [2.05, 4.69) is 0 Å². The van der Waals surface area contributed by atoms with Crippen molar-refractivity contribution in [3.8, 4) is 6.07 Å². The lowest BCUT2D eigenvalue weighted by Crippen LogP contribution is -2.10. The predicted octanol–water partition coefficient (Wildman–Crippen LogP) is 3.47. The van der Waals surface area contributed by atoms with Crippen LogP contribution in [0.25, 0.3) is 0 Å². The van der Waals surface area contributed by atoms with Crippen LogP contribution >= 0.6 is 0 Å². The molecule has 15 heavy (non-hydrogen) atoms. The molecule has 5 heteroatoms. The number of nitrogens with zero attached hydrogens (tertiary/aromatic N) is 1. The maximum Gasteiger partial charge on any atom is 0.416 e. The van der Waals surface area contributed by atoms with Crippen molar-refractivity contribution in [2.75, 3.05) is 0 Å². The molecule has 1 nitrogen and oxygen atoms in total. The largest absolute Gasteiger partial charge is 0.416 e. The summed E-state index contributed by atoms with van der Waals surface area (Å²) in [6, 6.07) is 3.78. The predicted molar refractivity (Wildman–Crippen MR) is 45.4 cm³/mol. The normalized spacial score (nSPS) is 13.3. The van der Waals surface area contributed by atoms with E-state index >= 15 is 0 Å². The third-order valence-electron chi connectivity index (χ3n) is 1.98. The Kier molecular flexibility index (Phi) is 2.98. The number of hydrogen-bond donors (Lipinski definition) is 0. The first-order valence-corrected chi connectivity index (χ1v) is 4.12. The molecule has 1 aromatic rings. The maximum absolute atomic E-state index is 12.8. The lowest BCUT2D eigenvalue weighted by Gasteiger charge is -2.13. The van der Waals surface area contributed by atoms with Gasteiger partial charge in [-0.15, -0.1) is 0 Å². The van der Waals surface area contributed by atoms with Gasteiger partial charge in [0.25, 0.3) is 0 Å². The first kappa shape index (κ1) is 11.5. The van der Waals surface area contributed by atoms with Crippen LogP contribution in [0.5, 0.6) is 0 Å². The molecule has 0 saturated heterocycles. The SMILES string of the molecule is CC(C#N)c1cc(F)ccc1C(F)(F)F. The van der Waals surface area contributed by atoms with Crippen molar-refractivity contribution in [3.05, 3.63) is 35.1 Å². The number of alkyl halides is 3. The Balaban J connectivity index is 3.35. The highest BCUT2D eigenvalue weighted by atomic mass is 19.4. The molecule has 0 bridgehead atoms. The van der Waals surface area contributed by atoms with Gasteiger partial charge in [-0.05, 0) is 30.7 Å². The highest BCUT2D eigenvalue weighted by Gasteiger charge is 2.34. The smallest absolute Gasteiger partial charge is 0.207 e. The molecule has 0 aliphatic rings. The molecule has 0 aliphatic carbocycles. The third kappa shape index (κ3) is 2.46. The van der Waals surface area contributed by atoms with E-state index in [0.717, 1.165) is 12.1 Å². The quantitative estimate of drug-likeness (QED) is 0.660. The first-order valence-electron chi connectivity index (χ1n) is 4.12. The average Bonchev–Trinajstić information content (AvgIpc) is 2.14. The summed E-state index contributed by atoms with van der Waals surface area (Å²) in [5, 5.41) is 8.53. The topological polar surface area (TPSA) is 23.8 Å². The highest BCUT2D eigenvalue weighted by molar-refractivity contribution is 5.35. The molecule has 1 rings (SSSR count). The molecule has 0 amide bonds. The zero-order valence-electron chi connectivity index (χ0n) is 7.77. The number of nitriles is 1. The minimum atomic E-state index is -4.56. The number of hydrogen-bond acceptors (Lipinski definition) is 1. The maximum atomic E-state index is 12.8. The van der Waals surface area contributed by atoms with Crippen molar-refractivity contribution >= 4 is 0 Å². The number of halogens is 4. The average molecular weight is 217 g/mol. The van der Waals surface area contributed by atoms with Crippen molar-refractivity contribution in [2.45, 2.75) is 19.0 Å². The van der Waals surface area contributed by atoms with Crippen LogP contribution < -0.4 is 0 Å². The van der Waals surface area contributed by atoms with Crippen LogP contribution in [-0.2, 0) is 6.18 Å². The Morgan fingerprint density at radius 3 is 2.40 bits per heavy atom. The van der Waals surface area contributed by atoms with Crippen molar-refractivity contribution in [1.29, 1.82) is 5.26 Å². The minimum absolute atomic E-state index is 0.329. The molecule has 1 unspecified atom stereocenters. The molecule has 0 fully saturated rings. The van der Waals surface area contributed by atoms with Gasteiger partial charge < -0.3 is 0 Å². The Morgan fingerprint density at radius 2 is 1.93 bits per heavy atom. The van der Waals surface area contributed by atoms with Gasteiger partial charge in [0.05, 0.1) is 17.6 Å². The molecule has 0 saturated carbocycles. The second kappa shape index (κ2) is 3.89. The van der Waals surface area contributed by atoms with Crippen LogP contribution in [0, 0.1) is 17.1 Å². The van der Waals surface area contributed by atoms with Crippen molar-refractivity contribution in [3.63, 3.8) is 0 Å². The van der Waals surface area contributed by atoms with E-state index in [9.17, 15) is 17.6 Å². The minimum Gasteiger partial charge on any atom is -0.207 e. The van der Waals surface area contributed by atoms with E-state index in [0.29, 0.717) is 6.07 Å². The fraction of sp³-hybridized carbons (Fsp3) is 0.300. The summed E-state index contributed by atoms with van der Waals surface area (Å²) in [7, 11) is 0. The fourth-order valence-corrected chi connectivity index (χ4v) is 1.22. The highest BCUT2D eigenvalue weighted by Crippen LogP contribution is 2.35. The monoisotopic (exact) mass is 217 g/mol. The van der Waals surface area contributed by atoms with Crippen molar-refractivity contribution < 1.29 is 17.6 Å². The van der Waals surface area contributed by atoms with E-state index < -0.39 is 23.5 Å². The third-order valence-corrected chi connectivity index (χ3v) is 1.98. The lowest BCUT2D eigenvalue weighted by molar-refractivity contribution is -0.138. The van der Waals surface area contributed by atoms with Gasteiger partial charge >= 0.3 is 6.18 Å². The molecule has 0 N–H and O–H groups in total. The molecule has 1 atom stereocenters. The molecule has 0 aromatic heterocycles. The molecular formula is C10H7F4N. The molecule has 0 heterocycles. The first-order chi connectivity index (χ1) is 6.86. The van der Waals surface area contributed by atoms with Gasteiger partial charge in [-0.3, -0.25) is 0 Å². The Bertz CT molecular complexity index is 403. The number of rotatable bonds is 1. The van der Waals surface area contributed by atoms with Gasteiger partial charge in [0.1, 0.15) is 5.82 Å². The Hall–Kier alpha value is -1.57. The van der Waals surface area contributed by atoms with E-state index in [1.165, 1.54) is 6.92 Å². The zero-order chi connectivity index (χ0) is 11.6. The van der Waals surface area contributed by atoms with E-state index in [1.807, 2.05) is 0 Å². The molecule has 0 radical (unpaired) electrons. The summed E-state index contributed by atoms with van der Waals surface area (Å²) in [4.78, 5) is 0. The summed E-state index contributed by atoms with van der Waals surface area (Å²) in [6.07, 6.45) is -4.56. The summed E-state index contributed by atoms with van der Waals surface area (Å²) < 4.78 is 50.1. The summed E-state index contributed by atoms with van der Waals surface area (Å²) in [5.41, 5.74) is -1.29. The van der Waals surface area contributed by atoms with Crippen LogP contribution in [0.1, 0.15) is 24.0 Å².